The first-order valence-corrected chi connectivity index (χ1v) is 7.63. The lowest BCUT2D eigenvalue weighted by atomic mass is 10.0. The fourth-order valence-corrected chi connectivity index (χ4v) is 3.68. The highest BCUT2D eigenvalue weighted by Crippen LogP contribution is 2.20. The molecule has 0 fully saturated rings. The summed E-state index contributed by atoms with van der Waals surface area (Å²) in [5.74, 6) is 0.532. The molecular formula is C12H26O3S. The molecule has 0 radical (unpaired) electrons. The Bertz CT molecular complexity index is 198. The smallest absolute Gasteiger partial charge is 0.0757 e. The maximum atomic E-state index is 11.9. The molecule has 0 saturated carbocycles. The van der Waals surface area contributed by atoms with Crippen LogP contribution in [0.3, 0.4) is 0 Å². The summed E-state index contributed by atoms with van der Waals surface area (Å²) in [7, 11) is -1.16. The summed E-state index contributed by atoms with van der Waals surface area (Å²) >= 11 is 0. The molecule has 16 heavy (non-hydrogen) atoms. The highest BCUT2D eigenvalue weighted by Gasteiger charge is 2.30. The van der Waals surface area contributed by atoms with Gasteiger partial charge >= 0.3 is 0 Å². The van der Waals surface area contributed by atoms with Crippen LogP contribution in [0.1, 0.15) is 53.4 Å². The van der Waals surface area contributed by atoms with Gasteiger partial charge in [-0.3, -0.25) is 4.21 Å². The number of hydrogen-bond donors (Lipinski definition) is 2. The fraction of sp³-hybridized carbons (Fsp3) is 1.00. The minimum absolute atomic E-state index is 0.266. The van der Waals surface area contributed by atoms with Gasteiger partial charge in [0.05, 0.1) is 22.7 Å². The van der Waals surface area contributed by atoms with Crippen molar-refractivity contribution in [2.75, 3.05) is 11.5 Å². The van der Waals surface area contributed by atoms with Crippen LogP contribution in [0.25, 0.3) is 0 Å². The summed E-state index contributed by atoms with van der Waals surface area (Å²) < 4.78 is 11.9. The van der Waals surface area contributed by atoms with E-state index in [1.54, 1.807) is 0 Å². The summed E-state index contributed by atoms with van der Waals surface area (Å²) in [5.41, 5.74) is -1.68. The Hall–Kier alpha value is 0.0700. The van der Waals surface area contributed by atoms with Crippen molar-refractivity contribution in [3.8, 4) is 0 Å². The van der Waals surface area contributed by atoms with E-state index in [1.807, 2.05) is 27.7 Å². The standard InChI is InChI=1S/C12H26O3S/c1-5-11(13,6-2)9-16(15)10-12(14,7-3)8-4/h13-14H,5-10H2,1-4H3. The molecule has 0 saturated heterocycles. The lowest BCUT2D eigenvalue weighted by Gasteiger charge is -2.28. The Morgan fingerprint density at radius 3 is 1.25 bits per heavy atom. The topological polar surface area (TPSA) is 57.5 Å². The molecule has 0 aromatic heterocycles. The fourth-order valence-electron chi connectivity index (χ4n) is 1.56. The number of rotatable bonds is 8. The van der Waals surface area contributed by atoms with E-state index in [-0.39, 0.29) is 11.5 Å². The van der Waals surface area contributed by atoms with Crippen LogP contribution in [0.4, 0.5) is 0 Å². The first kappa shape index (κ1) is 16.1. The van der Waals surface area contributed by atoms with Crippen LogP contribution < -0.4 is 0 Å². The zero-order chi connectivity index (χ0) is 12.8. The minimum Gasteiger partial charge on any atom is -0.389 e. The van der Waals surface area contributed by atoms with Gasteiger partial charge in [0, 0.05) is 10.8 Å². The molecule has 0 unspecified atom stereocenters. The first-order chi connectivity index (χ1) is 7.34. The summed E-state index contributed by atoms with van der Waals surface area (Å²) in [5, 5.41) is 20.1. The van der Waals surface area contributed by atoms with Crippen LogP contribution >= 0.6 is 0 Å². The maximum Gasteiger partial charge on any atom is 0.0757 e. The second kappa shape index (κ2) is 6.72. The first-order valence-electron chi connectivity index (χ1n) is 6.14. The summed E-state index contributed by atoms with van der Waals surface area (Å²) in [6, 6.07) is 0. The molecule has 0 spiro atoms. The quantitative estimate of drug-likeness (QED) is 0.691. The lowest BCUT2D eigenvalue weighted by Crippen LogP contribution is -2.40. The van der Waals surface area contributed by atoms with Crippen LogP contribution in [0.15, 0.2) is 0 Å². The second-order valence-electron chi connectivity index (χ2n) is 4.59. The third-order valence-electron chi connectivity index (χ3n) is 3.49. The SMILES string of the molecule is CCC(O)(CC)CS(=O)CC(O)(CC)CC. The molecule has 3 nitrogen and oxygen atoms in total. The molecule has 0 aliphatic carbocycles. The predicted molar refractivity (Wildman–Crippen MR) is 68.9 cm³/mol. The summed E-state index contributed by atoms with van der Waals surface area (Å²) in [4.78, 5) is 0. The second-order valence-corrected chi connectivity index (χ2v) is 6.05. The van der Waals surface area contributed by atoms with Crippen molar-refractivity contribution in [2.45, 2.75) is 64.6 Å². The molecule has 0 aromatic rings. The molecule has 4 heteroatoms. The predicted octanol–water partition coefficient (Wildman–Crippen LogP) is 1.84. The Morgan fingerprint density at radius 1 is 0.812 bits per heavy atom. The molecule has 0 aliphatic heterocycles. The summed E-state index contributed by atoms with van der Waals surface area (Å²) in [6.45, 7) is 7.58. The molecular weight excluding hydrogens is 224 g/mol. The van der Waals surface area contributed by atoms with Gasteiger partial charge in [-0.05, 0) is 25.7 Å². The largest absolute Gasteiger partial charge is 0.389 e. The molecule has 2 N–H and O–H groups in total. The van der Waals surface area contributed by atoms with Crippen LogP contribution in [0, 0.1) is 0 Å². The number of hydrogen-bond acceptors (Lipinski definition) is 3. The highest BCUT2D eigenvalue weighted by molar-refractivity contribution is 7.85. The van der Waals surface area contributed by atoms with Crippen molar-refractivity contribution < 1.29 is 14.4 Å². The van der Waals surface area contributed by atoms with E-state index in [0.29, 0.717) is 25.7 Å². The van der Waals surface area contributed by atoms with Crippen molar-refractivity contribution in [1.29, 1.82) is 0 Å². The molecule has 0 amide bonds. The zero-order valence-electron chi connectivity index (χ0n) is 11.0. The summed E-state index contributed by atoms with van der Waals surface area (Å²) in [6.07, 6.45) is 2.41. The van der Waals surface area contributed by atoms with E-state index >= 15 is 0 Å². The molecule has 0 bridgehead atoms. The van der Waals surface area contributed by atoms with Gasteiger partial charge in [-0.1, -0.05) is 27.7 Å². The molecule has 0 aromatic carbocycles. The van der Waals surface area contributed by atoms with Crippen LogP contribution in [0.2, 0.25) is 0 Å². The molecule has 0 rings (SSSR count). The zero-order valence-corrected chi connectivity index (χ0v) is 11.8. The van der Waals surface area contributed by atoms with Gasteiger partial charge in [0.25, 0.3) is 0 Å². The van der Waals surface area contributed by atoms with Crippen LogP contribution in [-0.4, -0.2) is 37.1 Å². The van der Waals surface area contributed by atoms with Crippen LogP contribution in [-0.2, 0) is 10.8 Å². The van der Waals surface area contributed by atoms with Gasteiger partial charge in [0.15, 0.2) is 0 Å². The Kier molecular flexibility index (Phi) is 6.75. The third kappa shape index (κ3) is 4.93. The van der Waals surface area contributed by atoms with Crippen molar-refractivity contribution in [3.05, 3.63) is 0 Å². The average molecular weight is 250 g/mol. The van der Waals surface area contributed by atoms with Crippen molar-refractivity contribution >= 4 is 10.8 Å². The van der Waals surface area contributed by atoms with E-state index in [9.17, 15) is 14.4 Å². The molecule has 0 heterocycles. The molecule has 0 aliphatic rings. The van der Waals surface area contributed by atoms with Gasteiger partial charge in [0.2, 0.25) is 0 Å². The monoisotopic (exact) mass is 250 g/mol. The maximum absolute atomic E-state index is 11.9. The number of aliphatic hydroxyl groups is 2. The van der Waals surface area contributed by atoms with Gasteiger partial charge in [-0.2, -0.15) is 0 Å². The Balaban J connectivity index is 4.38. The molecule has 98 valence electrons. The minimum atomic E-state index is -1.16. The van der Waals surface area contributed by atoms with Gasteiger partial charge < -0.3 is 10.2 Å². The van der Waals surface area contributed by atoms with Crippen LogP contribution in [0.5, 0.6) is 0 Å². The Labute approximate surface area is 102 Å². The van der Waals surface area contributed by atoms with Crippen molar-refractivity contribution in [1.82, 2.24) is 0 Å². The van der Waals surface area contributed by atoms with Crippen molar-refractivity contribution in [3.63, 3.8) is 0 Å². The van der Waals surface area contributed by atoms with E-state index in [4.69, 9.17) is 0 Å². The van der Waals surface area contributed by atoms with Gasteiger partial charge in [-0.15, -0.1) is 0 Å². The highest BCUT2D eigenvalue weighted by atomic mass is 32.2. The Morgan fingerprint density at radius 2 is 1.06 bits per heavy atom. The average Bonchev–Trinajstić information content (AvgIpc) is 2.28. The van der Waals surface area contributed by atoms with E-state index in [1.165, 1.54) is 0 Å². The van der Waals surface area contributed by atoms with Gasteiger partial charge in [0.1, 0.15) is 0 Å². The third-order valence-corrected chi connectivity index (χ3v) is 5.21. The molecule has 0 atom stereocenters. The lowest BCUT2D eigenvalue weighted by molar-refractivity contribution is 0.0500. The van der Waals surface area contributed by atoms with E-state index in [2.05, 4.69) is 0 Å². The van der Waals surface area contributed by atoms with Crippen molar-refractivity contribution in [2.24, 2.45) is 0 Å². The van der Waals surface area contributed by atoms with E-state index < -0.39 is 22.0 Å². The normalized spacial score (nSPS) is 13.4. The van der Waals surface area contributed by atoms with E-state index in [0.717, 1.165) is 0 Å². The van der Waals surface area contributed by atoms with Gasteiger partial charge in [-0.25, -0.2) is 0 Å².